The van der Waals surface area contributed by atoms with Crippen molar-refractivity contribution in [2.45, 2.75) is 6.92 Å². The summed E-state index contributed by atoms with van der Waals surface area (Å²) in [6.45, 7) is 3.01. The first-order chi connectivity index (χ1) is 17.1. The fourth-order valence-electron chi connectivity index (χ4n) is 4.10. The van der Waals surface area contributed by atoms with Crippen molar-refractivity contribution in [2.24, 2.45) is 0 Å². The summed E-state index contributed by atoms with van der Waals surface area (Å²) in [5, 5.41) is 9.92. The van der Waals surface area contributed by atoms with Gasteiger partial charge in [-0.15, -0.1) is 11.3 Å². The molecule has 2 aromatic carbocycles. The molecule has 0 unspecified atom stereocenters. The van der Waals surface area contributed by atoms with Gasteiger partial charge in [0.2, 0.25) is 0 Å². The summed E-state index contributed by atoms with van der Waals surface area (Å²) >= 11 is 1.35. The molecule has 10 heteroatoms. The number of anilines is 4. The minimum absolute atomic E-state index is 0.261. The van der Waals surface area contributed by atoms with E-state index in [0.717, 1.165) is 27.8 Å². The predicted molar refractivity (Wildman–Crippen MR) is 137 cm³/mol. The number of rotatable bonds is 4. The van der Waals surface area contributed by atoms with Gasteiger partial charge in [-0.25, -0.2) is 15.0 Å². The quantitative estimate of drug-likeness (QED) is 0.329. The molecule has 0 fully saturated rings. The van der Waals surface area contributed by atoms with Crippen molar-refractivity contribution in [3.8, 4) is 11.5 Å². The SMILES string of the molecule is Cc1ccc2c(Nc3ccc4c(c3)OCCO4)nccc2c1NC(=O)c1csc2c(N)ncnc12. The lowest BCUT2D eigenvalue weighted by molar-refractivity contribution is 0.102. The number of benzene rings is 2. The third kappa shape index (κ3) is 3.73. The lowest BCUT2D eigenvalue weighted by Gasteiger charge is -2.19. The first kappa shape index (κ1) is 21.1. The Morgan fingerprint density at radius 3 is 2.77 bits per heavy atom. The van der Waals surface area contributed by atoms with Gasteiger partial charge in [0, 0.05) is 34.1 Å². The Balaban J connectivity index is 1.35. The third-order valence-corrected chi connectivity index (χ3v) is 6.81. The average Bonchev–Trinajstić information content (AvgIpc) is 3.31. The zero-order valence-corrected chi connectivity index (χ0v) is 19.5. The van der Waals surface area contributed by atoms with Crippen LogP contribution >= 0.6 is 11.3 Å². The summed E-state index contributed by atoms with van der Waals surface area (Å²) in [6.07, 6.45) is 3.08. The Labute approximate surface area is 203 Å². The molecule has 6 rings (SSSR count). The van der Waals surface area contributed by atoms with Crippen LogP contribution in [-0.4, -0.2) is 34.1 Å². The van der Waals surface area contributed by atoms with E-state index in [-0.39, 0.29) is 5.91 Å². The van der Waals surface area contributed by atoms with Gasteiger partial charge in [0.1, 0.15) is 31.2 Å². The second-order valence-electron chi connectivity index (χ2n) is 8.04. The number of carbonyl (C=O) groups excluding carboxylic acids is 1. The van der Waals surface area contributed by atoms with E-state index in [1.807, 2.05) is 43.3 Å². The normalized spacial score (nSPS) is 12.6. The number of nitrogens with one attached hydrogen (secondary N) is 2. The minimum Gasteiger partial charge on any atom is -0.486 e. The van der Waals surface area contributed by atoms with Gasteiger partial charge in [-0.3, -0.25) is 4.79 Å². The largest absolute Gasteiger partial charge is 0.486 e. The predicted octanol–water partition coefficient (Wildman–Crippen LogP) is 4.90. The standard InChI is InChI=1S/C25H20N6O3S/c1-13-2-4-16-15(20(13)31-25(32)17-11-35-22-21(17)28-12-29-23(22)26)6-7-27-24(16)30-14-3-5-18-19(10-14)34-9-8-33-18/h2-7,10-12H,8-9H2,1H3,(H,27,30)(H,31,32)(H2,26,28,29). The molecular formula is C25H20N6O3S. The number of aryl methyl sites for hydroxylation is 1. The summed E-state index contributed by atoms with van der Waals surface area (Å²) < 4.78 is 12.0. The molecule has 9 nitrogen and oxygen atoms in total. The first-order valence-corrected chi connectivity index (χ1v) is 11.8. The third-order valence-electron chi connectivity index (χ3n) is 5.82. The second kappa shape index (κ2) is 8.41. The molecule has 5 aromatic rings. The Hall–Kier alpha value is -4.44. The molecule has 0 spiro atoms. The summed E-state index contributed by atoms with van der Waals surface area (Å²) in [6, 6.07) is 11.5. The summed E-state index contributed by atoms with van der Waals surface area (Å²) in [5.41, 5.74) is 9.40. The molecule has 3 aromatic heterocycles. The molecule has 0 atom stereocenters. The average molecular weight is 485 g/mol. The van der Waals surface area contributed by atoms with Crippen LogP contribution in [0.4, 0.5) is 23.0 Å². The molecule has 0 saturated carbocycles. The number of pyridine rings is 1. The summed E-state index contributed by atoms with van der Waals surface area (Å²) in [5.74, 6) is 2.18. The molecule has 4 heterocycles. The maximum absolute atomic E-state index is 13.2. The molecule has 1 aliphatic heterocycles. The van der Waals surface area contributed by atoms with Crippen molar-refractivity contribution in [3.63, 3.8) is 0 Å². The molecule has 0 aliphatic carbocycles. The van der Waals surface area contributed by atoms with Crippen LogP contribution < -0.4 is 25.8 Å². The van der Waals surface area contributed by atoms with Crippen LogP contribution in [0.3, 0.4) is 0 Å². The lowest BCUT2D eigenvalue weighted by Crippen LogP contribution is -2.15. The number of fused-ring (bicyclic) bond motifs is 3. The van der Waals surface area contributed by atoms with Crippen molar-refractivity contribution in [3.05, 3.63) is 65.4 Å². The molecule has 1 aliphatic rings. The van der Waals surface area contributed by atoms with E-state index in [1.54, 1.807) is 11.6 Å². The highest BCUT2D eigenvalue weighted by Crippen LogP contribution is 2.36. The number of hydrogen-bond donors (Lipinski definition) is 3. The van der Waals surface area contributed by atoms with Crippen LogP contribution in [0.15, 0.2) is 54.3 Å². The van der Waals surface area contributed by atoms with Crippen LogP contribution in [0.2, 0.25) is 0 Å². The topological polar surface area (TPSA) is 124 Å². The number of nitrogens with two attached hydrogens (primary N) is 1. The van der Waals surface area contributed by atoms with E-state index in [4.69, 9.17) is 15.2 Å². The smallest absolute Gasteiger partial charge is 0.258 e. The maximum Gasteiger partial charge on any atom is 0.258 e. The monoisotopic (exact) mass is 484 g/mol. The summed E-state index contributed by atoms with van der Waals surface area (Å²) in [7, 11) is 0. The van der Waals surface area contributed by atoms with E-state index in [0.29, 0.717) is 52.1 Å². The molecule has 1 amide bonds. The van der Waals surface area contributed by atoms with Crippen LogP contribution in [0.25, 0.3) is 21.0 Å². The number of nitrogen functional groups attached to an aromatic ring is 1. The van der Waals surface area contributed by atoms with Gasteiger partial charge in [0.05, 0.1) is 21.5 Å². The molecule has 0 bridgehead atoms. The van der Waals surface area contributed by atoms with Gasteiger partial charge >= 0.3 is 0 Å². The molecule has 0 radical (unpaired) electrons. The molecule has 35 heavy (non-hydrogen) atoms. The fraction of sp³-hybridized carbons (Fsp3) is 0.120. The molecule has 174 valence electrons. The van der Waals surface area contributed by atoms with Gasteiger partial charge in [-0.1, -0.05) is 12.1 Å². The highest BCUT2D eigenvalue weighted by Gasteiger charge is 2.19. The molecule has 4 N–H and O–H groups in total. The van der Waals surface area contributed by atoms with E-state index < -0.39 is 0 Å². The number of nitrogens with zero attached hydrogens (tertiary/aromatic N) is 3. The minimum atomic E-state index is -0.261. The van der Waals surface area contributed by atoms with Crippen molar-refractivity contribution >= 4 is 61.2 Å². The Morgan fingerprint density at radius 2 is 1.89 bits per heavy atom. The molecular weight excluding hydrogens is 464 g/mol. The Kier molecular flexibility index (Phi) is 5.07. The van der Waals surface area contributed by atoms with Crippen LogP contribution in [0.1, 0.15) is 15.9 Å². The van der Waals surface area contributed by atoms with E-state index in [1.165, 1.54) is 17.7 Å². The second-order valence-corrected chi connectivity index (χ2v) is 8.92. The summed E-state index contributed by atoms with van der Waals surface area (Å²) in [4.78, 5) is 26.0. The zero-order valence-electron chi connectivity index (χ0n) is 18.7. The Morgan fingerprint density at radius 1 is 1.03 bits per heavy atom. The number of thiophene rings is 1. The van der Waals surface area contributed by atoms with Crippen LogP contribution in [-0.2, 0) is 0 Å². The van der Waals surface area contributed by atoms with Gasteiger partial charge in [0.15, 0.2) is 11.5 Å². The number of aromatic nitrogens is 3. The fourth-order valence-corrected chi connectivity index (χ4v) is 5.00. The van der Waals surface area contributed by atoms with Gasteiger partial charge < -0.3 is 25.8 Å². The number of ether oxygens (including phenoxy) is 2. The van der Waals surface area contributed by atoms with E-state index in [9.17, 15) is 4.79 Å². The number of carbonyl (C=O) groups is 1. The maximum atomic E-state index is 13.2. The highest BCUT2D eigenvalue weighted by atomic mass is 32.1. The van der Waals surface area contributed by atoms with Crippen molar-refractivity contribution in [1.29, 1.82) is 0 Å². The van der Waals surface area contributed by atoms with E-state index >= 15 is 0 Å². The first-order valence-electron chi connectivity index (χ1n) is 10.9. The van der Waals surface area contributed by atoms with Crippen LogP contribution in [0.5, 0.6) is 11.5 Å². The van der Waals surface area contributed by atoms with Crippen LogP contribution in [0, 0.1) is 6.92 Å². The number of amides is 1. The van der Waals surface area contributed by atoms with Crippen molar-refractivity contribution in [2.75, 3.05) is 29.6 Å². The Bertz CT molecular complexity index is 1620. The highest BCUT2D eigenvalue weighted by molar-refractivity contribution is 7.18. The van der Waals surface area contributed by atoms with E-state index in [2.05, 4.69) is 25.6 Å². The molecule has 0 saturated heterocycles. The van der Waals surface area contributed by atoms with Gasteiger partial charge in [0.25, 0.3) is 5.91 Å². The zero-order chi connectivity index (χ0) is 23.9. The van der Waals surface area contributed by atoms with Gasteiger partial charge in [-0.05, 0) is 30.7 Å². The lowest BCUT2D eigenvalue weighted by atomic mass is 10.0. The number of hydrogen-bond acceptors (Lipinski definition) is 9. The van der Waals surface area contributed by atoms with Gasteiger partial charge in [-0.2, -0.15) is 0 Å². The van der Waals surface area contributed by atoms with Crippen molar-refractivity contribution < 1.29 is 14.3 Å². The van der Waals surface area contributed by atoms with Crippen molar-refractivity contribution in [1.82, 2.24) is 15.0 Å².